The van der Waals surface area contributed by atoms with Gasteiger partial charge in [0.2, 0.25) is 5.75 Å². The number of benzene rings is 2. The molecule has 0 bridgehead atoms. The number of carbonyl (C=O) groups is 1. The Morgan fingerprint density at radius 1 is 1.28 bits per heavy atom. The summed E-state index contributed by atoms with van der Waals surface area (Å²) in [5.74, 6) is -1.41. The van der Waals surface area contributed by atoms with Gasteiger partial charge >= 0.3 is 0 Å². The van der Waals surface area contributed by atoms with Crippen molar-refractivity contribution in [3.8, 4) is 23.3 Å². The van der Waals surface area contributed by atoms with Crippen LogP contribution >= 0.6 is 0 Å². The zero-order chi connectivity index (χ0) is 18.4. The van der Waals surface area contributed by atoms with E-state index in [2.05, 4.69) is 10.5 Å². The highest BCUT2D eigenvalue weighted by Crippen LogP contribution is 2.36. The van der Waals surface area contributed by atoms with Crippen molar-refractivity contribution in [1.82, 2.24) is 5.43 Å². The van der Waals surface area contributed by atoms with E-state index in [9.17, 15) is 14.3 Å². The zero-order valence-electron chi connectivity index (χ0n) is 13.4. The third-order valence-corrected chi connectivity index (χ3v) is 3.22. The molecule has 0 atom stereocenters. The van der Waals surface area contributed by atoms with Crippen LogP contribution in [0.1, 0.15) is 21.5 Å². The van der Waals surface area contributed by atoms with Crippen LogP contribution in [0.4, 0.5) is 4.39 Å². The first-order valence-electron chi connectivity index (χ1n) is 6.98. The van der Waals surface area contributed by atoms with Gasteiger partial charge in [-0.15, -0.1) is 0 Å². The highest BCUT2D eigenvalue weighted by molar-refractivity contribution is 5.95. The summed E-state index contributed by atoms with van der Waals surface area (Å²) in [4.78, 5) is 11.9. The summed E-state index contributed by atoms with van der Waals surface area (Å²) < 4.78 is 23.8. The summed E-state index contributed by atoms with van der Waals surface area (Å²) in [6.45, 7) is 0. The van der Waals surface area contributed by atoms with Gasteiger partial charge in [0.05, 0.1) is 37.6 Å². The standard InChI is InChI=1S/C17H14FN3O4/c1-24-14-6-11(7-15(25-2)16(14)22)9-20-21-17(23)12-4-3-10(8-19)5-13(12)18/h3-7,9,22H,1-2H3,(H,21,23)/b20-9-. The van der Waals surface area contributed by atoms with Crippen LogP contribution in [0.2, 0.25) is 0 Å². The monoisotopic (exact) mass is 343 g/mol. The number of rotatable bonds is 5. The molecular formula is C17H14FN3O4. The fourth-order valence-electron chi connectivity index (χ4n) is 1.98. The molecule has 2 N–H and O–H groups in total. The number of hydrogen-bond donors (Lipinski definition) is 2. The van der Waals surface area contributed by atoms with Crippen LogP contribution in [-0.4, -0.2) is 31.4 Å². The van der Waals surface area contributed by atoms with Crippen LogP contribution < -0.4 is 14.9 Å². The molecule has 0 saturated heterocycles. The minimum atomic E-state index is -0.820. The predicted molar refractivity (Wildman–Crippen MR) is 87.4 cm³/mol. The van der Waals surface area contributed by atoms with Crippen molar-refractivity contribution in [2.24, 2.45) is 5.10 Å². The lowest BCUT2D eigenvalue weighted by Gasteiger charge is -2.09. The summed E-state index contributed by atoms with van der Waals surface area (Å²) in [6, 6.07) is 8.24. The summed E-state index contributed by atoms with van der Waals surface area (Å²) in [5, 5.41) is 22.2. The molecule has 0 heterocycles. The Kier molecular flexibility index (Phi) is 5.53. The Balaban J connectivity index is 2.16. The second kappa shape index (κ2) is 7.79. The smallest absolute Gasteiger partial charge is 0.274 e. The van der Waals surface area contributed by atoms with Gasteiger partial charge in [-0.25, -0.2) is 9.82 Å². The number of nitriles is 1. The number of phenols is 1. The summed E-state index contributed by atoms with van der Waals surface area (Å²) in [7, 11) is 2.76. The van der Waals surface area contributed by atoms with Gasteiger partial charge in [-0.3, -0.25) is 4.79 Å². The molecule has 8 heteroatoms. The molecule has 0 unspecified atom stereocenters. The largest absolute Gasteiger partial charge is 0.502 e. The second-order valence-electron chi connectivity index (χ2n) is 4.78. The van der Waals surface area contributed by atoms with Crippen molar-refractivity contribution < 1.29 is 23.8 Å². The normalized spacial score (nSPS) is 10.3. The zero-order valence-corrected chi connectivity index (χ0v) is 13.4. The maximum atomic E-state index is 13.8. The van der Waals surface area contributed by atoms with E-state index in [4.69, 9.17) is 14.7 Å². The lowest BCUT2D eigenvalue weighted by Crippen LogP contribution is -2.19. The van der Waals surface area contributed by atoms with Gasteiger partial charge in [-0.05, 0) is 30.3 Å². The topological polar surface area (TPSA) is 104 Å². The highest BCUT2D eigenvalue weighted by atomic mass is 19.1. The fourth-order valence-corrected chi connectivity index (χ4v) is 1.98. The predicted octanol–water partition coefficient (Wildman–Crippen LogP) is 2.18. The third kappa shape index (κ3) is 4.03. The first-order valence-corrected chi connectivity index (χ1v) is 6.98. The van der Waals surface area contributed by atoms with Crippen molar-refractivity contribution in [3.63, 3.8) is 0 Å². The van der Waals surface area contributed by atoms with Crippen molar-refractivity contribution in [2.45, 2.75) is 0 Å². The summed E-state index contributed by atoms with van der Waals surface area (Å²) in [5.41, 5.74) is 2.53. The lowest BCUT2D eigenvalue weighted by molar-refractivity contribution is 0.0951. The molecule has 0 saturated carbocycles. The molecule has 0 aliphatic heterocycles. The minimum Gasteiger partial charge on any atom is -0.502 e. The average Bonchev–Trinajstić information content (AvgIpc) is 2.62. The van der Waals surface area contributed by atoms with Crippen LogP contribution in [-0.2, 0) is 0 Å². The molecule has 0 aromatic heterocycles. The maximum absolute atomic E-state index is 13.8. The molecule has 2 rings (SSSR count). The van der Waals surface area contributed by atoms with E-state index in [0.717, 1.165) is 6.07 Å². The second-order valence-corrected chi connectivity index (χ2v) is 4.78. The van der Waals surface area contributed by atoms with Crippen molar-refractivity contribution >= 4 is 12.1 Å². The molecule has 25 heavy (non-hydrogen) atoms. The van der Waals surface area contributed by atoms with Crippen molar-refractivity contribution in [3.05, 3.63) is 52.8 Å². The van der Waals surface area contributed by atoms with Gasteiger partial charge in [0, 0.05) is 5.56 Å². The molecule has 2 aromatic rings. The van der Waals surface area contributed by atoms with Gasteiger partial charge in [-0.1, -0.05) is 0 Å². The van der Waals surface area contributed by atoms with E-state index in [-0.39, 0.29) is 28.4 Å². The molecule has 0 radical (unpaired) electrons. The van der Waals surface area contributed by atoms with E-state index in [0.29, 0.717) is 5.56 Å². The van der Waals surface area contributed by atoms with Gasteiger partial charge < -0.3 is 14.6 Å². The molecule has 128 valence electrons. The van der Waals surface area contributed by atoms with Gasteiger partial charge in [-0.2, -0.15) is 10.4 Å². The molecule has 0 spiro atoms. The molecule has 1 amide bonds. The minimum absolute atomic E-state index is 0.112. The van der Waals surface area contributed by atoms with Crippen LogP contribution in [0.5, 0.6) is 17.2 Å². The molecule has 0 aliphatic carbocycles. The lowest BCUT2D eigenvalue weighted by atomic mass is 10.1. The Bertz CT molecular complexity index is 850. The number of hydrazone groups is 1. The number of nitrogens with one attached hydrogen (secondary N) is 1. The van der Waals surface area contributed by atoms with Crippen molar-refractivity contribution in [1.29, 1.82) is 5.26 Å². The Morgan fingerprint density at radius 3 is 2.44 bits per heavy atom. The molecule has 2 aromatic carbocycles. The number of nitrogens with zero attached hydrogens (tertiary/aromatic N) is 2. The molecular weight excluding hydrogens is 329 g/mol. The first kappa shape index (κ1) is 17.7. The van der Waals surface area contributed by atoms with E-state index in [1.807, 2.05) is 0 Å². The molecule has 0 aliphatic rings. The average molecular weight is 343 g/mol. The Hall–Kier alpha value is -3.60. The van der Waals surface area contributed by atoms with Gasteiger partial charge in [0.15, 0.2) is 11.5 Å². The fraction of sp³-hybridized carbons (Fsp3) is 0.118. The number of amides is 1. The number of carbonyl (C=O) groups excluding carboxylic acids is 1. The maximum Gasteiger partial charge on any atom is 0.274 e. The number of aromatic hydroxyl groups is 1. The number of hydrogen-bond acceptors (Lipinski definition) is 6. The quantitative estimate of drug-likeness (QED) is 0.640. The number of halogens is 1. The van der Waals surface area contributed by atoms with E-state index < -0.39 is 11.7 Å². The highest BCUT2D eigenvalue weighted by Gasteiger charge is 2.12. The van der Waals surface area contributed by atoms with Crippen LogP contribution in [0.15, 0.2) is 35.4 Å². The van der Waals surface area contributed by atoms with E-state index in [1.54, 1.807) is 6.07 Å². The SMILES string of the molecule is COc1cc(/C=N\NC(=O)c2ccc(C#N)cc2F)cc(OC)c1O. The van der Waals surface area contributed by atoms with E-state index in [1.165, 1.54) is 44.7 Å². The summed E-state index contributed by atoms with van der Waals surface area (Å²) >= 11 is 0. The Labute approximate surface area is 142 Å². The van der Waals surface area contributed by atoms with Gasteiger partial charge in [0.1, 0.15) is 5.82 Å². The Morgan fingerprint density at radius 2 is 1.92 bits per heavy atom. The van der Waals surface area contributed by atoms with E-state index >= 15 is 0 Å². The van der Waals surface area contributed by atoms with Crippen LogP contribution in [0.3, 0.4) is 0 Å². The number of phenolic OH excluding ortho intramolecular Hbond substituents is 1. The van der Waals surface area contributed by atoms with Crippen LogP contribution in [0.25, 0.3) is 0 Å². The van der Waals surface area contributed by atoms with Crippen LogP contribution in [0, 0.1) is 17.1 Å². The van der Waals surface area contributed by atoms with Crippen molar-refractivity contribution in [2.75, 3.05) is 14.2 Å². The molecule has 7 nitrogen and oxygen atoms in total. The third-order valence-electron chi connectivity index (χ3n) is 3.22. The molecule has 0 fully saturated rings. The number of ether oxygens (including phenoxy) is 2. The number of methoxy groups -OCH3 is 2. The first-order chi connectivity index (χ1) is 12.0. The summed E-state index contributed by atoms with van der Waals surface area (Å²) in [6.07, 6.45) is 1.28. The van der Waals surface area contributed by atoms with Gasteiger partial charge in [0.25, 0.3) is 5.91 Å².